The van der Waals surface area contributed by atoms with E-state index in [1.807, 2.05) is 0 Å². The van der Waals surface area contributed by atoms with Crippen molar-refractivity contribution in [3.8, 4) is 44.8 Å². The van der Waals surface area contributed by atoms with E-state index in [1.165, 1.54) is 43.6 Å². The first-order chi connectivity index (χ1) is 31.8. The number of furan rings is 2. The van der Waals surface area contributed by atoms with Crippen LogP contribution in [0.5, 0.6) is 0 Å². The second-order valence-electron chi connectivity index (χ2n) is 16.8. The van der Waals surface area contributed by atoms with Gasteiger partial charge >= 0.3 is 0 Å². The maximum atomic E-state index is 7.17. The van der Waals surface area contributed by atoms with Crippen LogP contribution >= 0.6 is 0 Å². The Kier molecular flexibility index (Phi) is 7.36. The molecule has 4 heteroatoms. The number of rotatable bonds is 5. The lowest BCUT2D eigenvalue weighted by molar-refractivity contribution is 0.659. The molecule has 14 aromatic rings. The van der Waals surface area contributed by atoms with Crippen LogP contribution in [0.2, 0.25) is 0 Å². The Balaban J connectivity index is 0.969. The van der Waals surface area contributed by atoms with Gasteiger partial charge in [-0.1, -0.05) is 164 Å². The number of hydrogen-bond acceptors (Lipinski definition) is 2. The highest BCUT2D eigenvalue weighted by Crippen LogP contribution is 2.48. The lowest BCUT2D eigenvalue weighted by atomic mass is 9.96. The monoisotopic (exact) mass is 816 g/mol. The molecule has 0 aliphatic rings. The summed E-state index contributed by atoms with van der Waals surface area (Å²) in [4.78, 5) is 0. The first kappa shape index (κ1) is 35.0. The smallest absolute Gasteiger partial charge is 0.147 e. The summed E-state index contributed by atoms with van der Waals surface area (Å²) in [5.41, 5.74) is 16.5. The molecule has 0 fully saturated rings. The van der Waals surface area contributed by atoms with Gasteiger partial charge in [-0.25, -0.2) is 0 Å². The summed E-state index contributed by atoms with van der Waals surface area (Å²) in [6, 6.07) is 78.1. The molecule has 0 amide bonds. The number of fused-ring (bicyclic) bond motifs is 12. The highest BCUT2D eigenvalue weighted by atomic mass is 16.3. The lowest BCUT2D eigenvalue weighted by Gasteiger charge is -2.10. The van der Waals surface area contributed by atoms with Crippen LogP contribution < -0.4 is 0 Å². The van der Waals surface area contributed by atoms with Gasteiger partial charge in [-0.15, -0.1) is 0 Å². The molecule has 0 spiro atoms. The predicted molar refractivity (Wildman–Crippen MR) is 266 cm³/mol. The maximum Gasteiger partial charge on any atom is 0.147 e. The van der Waals surface area contributed by atoms with Gasteiger partial charge in [-0.2, -0.15) is 0 Å². The van der Waals surface area contributed by atoms with Gasteiger partial charge in [-0.05, 0) is 71.3 Å². The maximum absolute atomic E-state index is 7.17. The lowest BCUT2D eigenvalue weighted by Crippen LogP contribution is -1.94. The first-order valence-electron chi connectivity index (χ1n) is 21.8. The van der Waals surface area contributed by atoms with Crippen LogP contribution in [0.3, 0.4) is 0 Å². The highest BCUT2D eigenvalue weighted by Gasteiger charge is 2.24. The fourth-order valence-corrected chi connectivity index (χ4v) is 10.5. The second-order valence-corrected chi connectivity index (χ2v) is 16.8. The Hall–Kier alpha value is -8.60. The zero-order valence-electron chi connectivity index (χ0n) is 34.5. The molecule has 64 heavy (non-hydrogen) atoms. The number of aromatic nitrogens is 2. The third kappa shape index (κ3) is 4.99. The topological polar surface area (TPSA) is 36.1 Å². The van der Waals surface area contributed by atoms with E-state index in [2.05, 4.69) is 228 Å². The first-order valence-corrected chi connectivity index (χ1v) is 21.8. The summed E-state index contributed by atoms with van der Waals surface area (Å²) >= 11 is 0. The summed E-state index contributed by atoms with van der Waals surface area (Å²) in [5, 5.41) is 9.23. The van der Waals surface area contributed by atoms with Crippen LogP contribution in [0, 0.1) is 0 Å². The molecule has 0 N–H and O–H groups in total. The van der Waals surface area contributed by atoms with E-state index < -0.39 is 0 Å². The molecule has 0 atom stereocenters. The fourth-order valence-electron chi connectivity index (χ4n) is 10.5. The molecule has 0 bridgehead atoms. The Morgan fingerprint density at radius 1 is 0.250 bits per heavy atom. The molecule has 0 saturated heterocycles. The average Bonchev–Trinajstić information content (AvgIpc) is 4.11. The molecular weight excluding hydrogens is 781 g/mol. The summed E-state index contributed by atoms with van der Waals surface area (Å²) in [5.74, 6) is 0. The summed E-state index contributed by atoms with van der Waals surface area (Å²) < 4.78 is 19.1. The van der Waals surface area contributed by atoms with Crippen molar-refractivity contribution in [2.45, 2.75) is 0 Å². The molecule has 10 aromatic carbocycles. The van der Waals surface area contributed by atoms with Crippen molar-refractivity contribution in [2.24, 2.45) is 0 Å². The zero-order chi connectivity index (χ0) is 41.9. The van der Waals surface area contributed by atoms with Crippen LogP contribution in [-0.4, -0.2) is 9.13 Å². The Bertz CT molecular complexity index is 3840. The molecule has 298 valence electrons. The molecular formula is C60H36N2O2. The zero-order valence-corrected chi connectivity index (χ0v) is 34.5. The van der Waals surface area contributed by atoms with E-state index in [0.717, 1.165) is 88.6 Å². The number of hydrogen-bond donors (Lipinski definition) is 0. The van der Waals surface area contributed by atoms with Gasteiger partial charge in [0.1, 0.15) is 22.3 Å². The minimum absolute atomic E-state index is 0.814. The number of benzene rings is 10. The van der Waals surface area contributed by atoms with E-state index in [-0.39, 0.29) is 0 Å². The van der Waals surface area contributed by atoms with Gasteiger partial charge in [-0.3, -0.25) is 0 Å². The molecule has 14 rings (SSSR count). The van der Waals surface area contributed by atoms with Gasteiger partial charge < -0.3 is 18.0 Å². The molecule has 0 aliphatic carbocycles. The Labute approximate surface area is 367 Å². The normalized spacial score (nSPS) is 12.1. The number of nitrogens with zero attached hydrogens (tertiary/aromatic N) is 2. The van der Waals surface area contributed by atoms with Crippen molar-refractivity contribution in [1.29, 1.82) is 0 Å². The van der Waals surface area contributed by atoms with Crippen molar-refractivity contribution in [2.75, 3.05) is 0 Å². The predicted octanol–water partition coefficient (Wildman–Crippen LogP) is 16.7. The van der Waals surface area contributed by atoms with E-state index in [4.69, 9.17) is 8.83 Å². The van der Waals surface area contributed by atoms with Crippen molar-refractivity contribution in [1.82, 2.24) is 9.13 Å². The summed E-state index contributed by atoms with van der Waals surface area (Å²) in [6.45, 7) is 0. The SMILES string of the molecule is c1ccc(-c2c3oc4c(-c5cccc(-n6c7ccccc7c7ccccc76)c5)cccc4c3cc3c2oc2c(-c4cccc(-n5c6ccccc6c6ccccc65)c4)cccc23)cc1. The van der Waals surface area contributed by atoms with Crippen LogP contribution in [0.4, 0.5) is 0 Å². The minimum Gasteiger partial charge on any atom is -0.455 e. The van der Waals surface area contributed by atoms with Crippen LogP contribution in [0.1, 0.15) is 0 Å². The van der Waals surface area contributed by atoms with Crippen molar-refractivity contribution < 1.29 is 8.83 Å². The molecule has 0 unspecified atom stereocenters. The van der Waals surface area contributed by atoms with Crippen molar-refractivity contribution >= 4 is 87.5 Å². The quantitative estimate of drug-likeness (QED) is 0.173. The average molecular weight is 817 g/mol. The molecule has 4 aromatic heterocycles. The number of para-hydroxylation sites is 6. The largest absolute Gasteiger partial charge is 0.455 e. The molecule has 4 heterocycles. The fraction of sp³-hybridized carbons (Fsp3) is 0. The van der Waals surface area contributed by atoms with E-state index in [0.29, 0.717) is 0 Å². The molecule has 4 nitrogen and oxygen atoms in total. The molecule has 0 saturated carbocycles. The molecule has 0 aliphatic heterocycles. The van der Waals surface area contributed by atoms with Crippen LogP contribution in [0.25, 0.3) is 132 Å². The van der Waals surface area contributed by atoms with Gasteiger partial charge in [0, 0.05) is 65.6 Å². The highest BCUT2D eigenvalue weighted by molar-refractivity contribution is 6.24. The van der Waals surface area contributed by atoms with Crippen LogP contribution in [-0.2, 0) is 0 Å². The van der Waals surface area contributed by atoms with Gasteiger partial charge in [0.15, 0.2) is 0 Å². The summed E-state index contributed by atoms with van der Waals surface area (Å²) in [7, 11) is 0. The van der Waals surface area contributed by atoms with Crippen molar-refractivity contribution in [3.63, 3.8) is 0 Å². The van der Waals surface area contributed by atoms with Gasteiger partial charge in [0.05, 0.1) is 27.6 Å². The Morgan fingerprint density at radius 2 is 0.609 bits per heavy atom. The van der Waals surface area contributed by atoms with Crippen molar-refractivity contribution in [3.05, 3.63) is 218 Å². The second kappa shape index (κ2) is 13.4. The van der Waals surface area contributed by atoms with E-state index in [9.17, 15) is 0 Å². The molecule has 0 radical (unpaired) electrons. The van der Waals surface area contributed by atoms with E-state index in [1.54, 1.807) is 0 Å². The third-order valence-electron chi connectivity index (χ3n) is 13.3. The van der Waals surface area contributed by atoms with Crippen LogP contribution in [0.15, 0.2) is 227 Å². The van der Waals surface area contributed by atoms with Gasteiger partial charge in [0.2, 0.25) is 0 Å². The standard InChI is InChI=1S/C60H36N2O2/c1-2-16-37(17-3-1)56-59-50(48-28-14-26-42(57(48)63-59)38-18-12-20-40(34-38)61-52-30-8-4-22-44(52)45-23-5-9-31-53(45)61)36-51-49-29-15-27-43(58(49)64-60(51)56)39-19-13-21-41(35-39)62-54-32-10-6-24-46(54)47-25-7-11-33-55(47)62/h1-36H. The third-order valence-corrected chi connectivity index (χ3v) is 13.3. The Morgan fingerprint density at radius 3 is 1.05 bits per heavy atom. The minimum atomic E-state index is 0.814. The van der Waals surface area contributed by atoms with Gasteiger partial charge in [0.25, 0.3) is 0 Å². The summed E-state index contributed by atoms with van der Waals surface area (Å²) in [6.07, 6.45) is 0. The van der Waals surface area contributed by atoms with E-state index >= 15 is 0 Å².